The minimum absolute atomic E-state index is 0.250. The Hall–Kier alpha value is -0.0800. The molecule has 1 N–H and O–H groups in total. The van der Waals surface area contributed by atoms with Gasteiger partial charge in [-0.3, -0.25) is 0 Å². The molecular weight excluding hydrogens is 116 g/mol. The van der Waals surface area contributed by atoms with Gasteiger partial charge in [-0.1, -0.05) is 6.92 Å². The van der Waals surface area contributed by atoms with Gasteiger partial charge in [0.2, 0.25) is 0 Å². The van der Waals surface area contributed by atoms with Gasteiger partial charge in [-0.15, -0.1) is 0 Å². The van der Waals surface area contributed by atoms with Crippen LogP contribution in [0.3, 0.4) is 0 Å². The summed E-state index contributed by atoms with van der Waals surface area (Å²) < 4.78 is 5.07. The number of aliphatic hydroxyl groups excluding tert-OH is 1. The van der Waals surface area contributed by atoms with Crippen LogP contribution in [0.15, 0.2) is 0 Å². The summed E-state index contributed by atoms with van der Waals surface area (Å²) in [6.07, 6.45) is 2.35. The Bertz CT molecular complexity index is 61.9. The van der Waals surface area contributed by atoms with Crippen LogP contribution in [0.4, 0.5) is 0 Å². The van der Waals surface area contributed by atoms with E-state index in [-0.39, 0.29) is 6.61 Å². The molecule has 2 heteroatoms. The van der Waals surface area contributed by atoms with E-state index in [1.165, 1.54) is 6.42 Å². The Morgan fingerprint density at radius 3 is 1.78 bits per heavy atom. The van der Waals surface area contributed by atoms with E-state index in [1.807, 2.05) is 0 Å². The van der Waals surface area contributed by atoms with Crippen LogP contribution in [0.5, 0.6) is 0 Å². The van der Waals surface area contributed by atoms with E-state index in [1.54, 1.807) is 6.92 Å². The molecule has 0 saturated carbocycles. The van der Waals surface area contributed by atoms with Gasteiger partial charge >= 0.3 is 0 Å². The highest BCUT2D eigenvalue weighted by Crippen LogP contribution is 2.22. The first kappa shape index (κ1) is 8.92. The molecule has 2 nitrogen and oxygen atoms in total. The molecule has 0 aliphatic carbocycles. The molecular formula is C7H16O2. The maximum Gasteiger partial charge on any atom is 0.0836 e. The summed E-state index contributed by atoms with van der Waals surface area (Å²) in [5.41, 5.74) is 0. The third-order valence-electron chi connectivity index (χ3n) is 1.24. The molecule has 0 aromatic heterocycles. The number of hydrogen-bond acceptors (Lipinski definition) is 2. The number of rotatable bonds is 1. The van der Waals surface area contributed by atoms with E-state index in [2.05, 4.69) is 13.8 Å². The number of ether oxygens (including phenoxy) is 1. The predicted molar refractivity (Wildman–Crippen MR) is 37.4 cm³/mol. The molecule has 1 aliphatic rings. The van der Waals surface area contributed by atoms with Gasteiger partial charge in [0, 0.05) is 6.61 Å². The van der Waals surface area contributed by atoms with Gasteiger partial charge in [0.05, 0.1) is 12.2 Å². The second kappa shape index (κ2) is 4.77. The van der Waals surface area contributed by atoms with Gasteiger partial charge in [-0.05, 0) is 20.3 Å². The molecule has 1 rings (SSSR count). The third-order valence-corrected chi connectivity index (χ3v) is 1.24. The van der Waals surface area contributed by atoms with Crippen LogP contribution in [0.25, 0.3) is 0 Å². The lowest BCUT2D eigenvalue weighted by Crippen LogP contribution is -1.81. The number of epoxide rings is 1. The predicted octanol–water partition coefficient (Wildman–Crippen LogP) is 1.18. The van der Waals surface area contributed by atoms with Gasteiger partial charge in [-0.25, -0.2) is 0 Å². The lowest BCUT2D eigenvalue weighted by Gasteiger charge is -1.72. The lowest BCUT2D eigenvalue weighted by molar-refractivity contribution is 0.318. The van der Waals surface area contributed by atoms with Crippen LogP contribution >= 0.6 is 0 Å². The molecule has 56 valence electrons. The van der Waals surface area contributed by atoms with Gasteiger partial charge in [0.1, 0.15) is 0 Å². The van der Waals surface area contributed by atoms with Crippen molar-refractivity contribution in [2.45, 2.75) is 39.4 Å². The van der Waals surface area contributed by atoms with E-state index in [0.717, 1.165) is 0 Å². The van der Waals surface area contributed by atoms with Gasteiger partial charge < -0.3 is 9.84 Å². The smallest absolute Gasteiger partial charge is 0.0836 e. The zero-order chi connectivity index (χ0) is 7.28. The van der Waals surface area contributed by atoms with E-state index in [9.17, 15) is 0 Å². The lowest BCUT2D eigenvalue weighted by atomic mass is 10.3. The molecule has 1 fully saturated rings. The largest absolute Gasteiger partial charge is 0.397 e. The minimum Gasteiger partial charge on any atom is -0.397 e. The Labute approximate surface area is 56.8 Å². The van der Waals surface area contributed by atoms with Crippen molar-refractivity contribution in [3.8, 4) is 0 Å². The van der Waals surface area contributed by atoms with E-state index in [4.69, 9.17) is 9.84 Å². The van der Waals surface area contributed by atoms with E-state index < -0.39 is 0 Å². The topological polar surface area (TPSA) is 32.8 Å². The van der Waals surface area contributed by atoms with Crippen LogP contribution < -0.4 is 0 Å². The Morgan fingerprint density at radius 2 is 1.78 bits per heavy atom. The fourth-order valence-corrected chi connectivity index (χ4v) is 0.659. The average Bonchev–Trinajstić information content (AvgIpc) is 2.49. The first-order valence-corrected chi connectivity index (χ1v) is 3.52. The molecule has 0 amide bonds. The quantitative estimate of drug-likeness (QED) is 0.543. The maximum absolute atomic E-state index is 7.57. The van der Waals surface area contributed by atoms with Crippen molar-refractivity contribution < 1.29 is 9.84 Å². The fraction of sp³-hybridized carbons (Fsp3) is 1.00. The molecule has 2 atom stereocenters. The summed E-state index contributed by atoms with van der Waals surface area (Å²) in [5, 5.41) is 7.57. The molecule has 1 saturated heterocycles. The van der Waals surface area contributed by atoms with Crippen LogP contribution in [0.1, 0.15) is 27.2 Å². The monoisotopic (exact) mass is 132 g/mol. The fourth-order valence-electron chi connectivity index (χ4n) is 0.659. The highest BCUT2D eigenvalue weighted by molar-refractivity contribution is 4.77. The van der Waals surface area contributed by atoms with Gasteiger partial charge in [0.15, 0.2) is 0 Å². The maximum atomic E-state index is 7.57. The van der Waals surface area contributed by atoms with Crippen molar-refractivity contribution in [2.24, 2.45) is 0 Å². The van der Waals surface area contributed by atoms with Crippen molar-refractivity contribution in [1.29, 1.82) is 0 Å². The first-order valence-electron chi connectivity index (χ1n) is 3.52. The van der Waals surface area contributed by atoms with E-state index >= 15 is 0 Å². The zero-order valence-corrected chi connectivity index (χ0v) is 6.42. The molecule has 0 radical (unpaired) electrons. The SMILES string of the molecule is CCC1OC1C.CCO. The van der Waals surface area contributed by atoms with Crippen molar-refractivity contribution in [3.63, 3.8) is 0 Å². The molecule has 1 aliphatic heterocycles. The molecule has 2 unspecified atom stereocenters. The molecule has 1 heterocycles. The van der Waals surface area contributed by atoms with Gasteiger partial charge in [0.25, 0.3) is 0 Å². The highest BCUT2D eigenvalue weighted by Gasteiger charge is 2.31. The molecule has 0 aromatic carbocycles. The van der Waals surface area contributed by atoms with Crippen LogP contribution in [0.2, 0.25) is 0 Å². The van der Waals surface area contributed by atoms with Crippen molar-refractivity contribution in [3.05, 3.63) is 0 Å². The normalized spacial score (nSPS) is 30.7. The number of hydrogen-bond donors (Lipinski definition) is 1. The molecule has 0 bridgehead atoms. The highest BCUT2D eigenvalue weighted by atomic mass is 16.6. The summed E-state index contributed by atoms with van der Waals surface area (Å²) in [7, 11) is 0. The summed E-state index contributed by atoms with van der Waals surface area (Å²) >= 11 is 0. The molecule has 9 heavy (non-hydrogen) atoms. The van der Waals surface area contributed by atoms with Gasteiger partial charge in [-0.2, -0.15) is 0 Å². The molecule has 0 spiro atoms. The van der Waals surface area contributed by atoms with E-state index in [0.29, 0.717) is 12.2 Å². The van der Waals surface area contributed by atoms with Crippen molar-refractivity contribution in [1.82, 2.24) is 0 Å². The van der Waals surface area contributed by atoms with Crippen molar-refractivity contribution in [2.75, 3.05) is 6.61 Å². The second-order valence-corrected chi connectivity index (χ2v) is 2.10. The number of aliphatic hydroxyl groups is 1. The van der Waals surface area contributed by atoms with Crippen molar-refractivity contribution >= 4 is 0 Å². The Kier molecular flexibility index (Phi) is 4.72. The summed E-state index contributed by atoms with van der Waals surface area (Å²) in [6, 6.07) is 0. The first-order chi connectivity index (χ1) is 4.26. The zero-order valence-electron chi connectivity index (χ0n) is 6.42. The summed E-state index contributed by atoms with van der Waals surface area (Å²) in [5.74, 6) is 0. The molecule has 0 aromatic rings. The summed E-state index contributed by atoms with van der Waals surface area (Å²) in [4.78, 5) is 0. The summed E-state index contributed by atoms with van der Waals surface area (Å²) in [6.45, 7) is 6.18. The average molecular weight is 132 g/mol. The Balaban J connectivity index is 0.000000187. The third kappa shape index (κ3) is 4.43. The van der Waals surface area contributed by atoms with Crippen LogP contribution in [-0.2, 0) is 4.74 Å². The van der Waals surface area contributed by atoms with Crippen LogP contribution in [-0.4, -0.2) is 23.9 Å². The Morgan fingerprint density at radius 1 is 1.44 bits per heavy atom. The van der Waals surface area contributed by atoms with Crippen LogP contribution in [0, 0.1) is 0 Å². The minimum atomic E-state index is 0.250. The second-order valence-electron chi connectivity index (χ2n) is 2.10. The standard InChI is InChI=1S/C5H10O.C2H6O/c1-3-5-4(2)6-5;1-2-3/h4-5H,3H2,1-2H3;3H,2H2,1H3.